The van der Waals surface area contributed by atoms with Crippen LogP contribution < -0.4 is 0 Å². The molecule has 8 heteroatoms. The number of nitrogens with zero attached hydrogens (tertiary/aromatic N) is 5. The summed E-state index contributed by atoms with van der Waals surface area (Å²) in [6.07, 6.45) is 6.01. The van der Waals surface area contributed by atoms with Crippen LogP contribution in [-0.4, -0.2) is 67.5 Å². The summed E-state index contributed by atoms with van der Waals surface area (Å²) < 4.78 is 15.7. The number of hydrogen-bond donors (Lipinski definition) is 1. The Balaban J connectivity index is 1.48. The van der Waals surface area contributed by atoms with E-state index >= 15 is 0 Å². The van der Waals surface area contributed by atoms with E-state index in [-0.39, 0.29) is 18.5 Å². The van der Waals surface area contributed by atoms with Crippen LogP contribution in [-0.2, 0) is 0 Å². The van der Waals surface area contributed by atoms with Crippen molar-refractivity contribution in [1.29, 1.82) is 0 Å². The first kappa shape index (κ1) is 16.5. The molecule has 3 aromatic heterocycles. The van der Waals surface area contributed by atoms with E-state index in [2.05, 4.69) is 21.3 Å². The first-order valence-corrected chi connectivity index (χ1v) is 9.59. The van der Waals surface area contributed by atoms with Crippen molar-refractivity contribution in [3.63, 3.8) is 0 Å². The summed E-state index contributed by atoms with van der Waals surface area (Å²) in [6.45, 7) is 4.28. The zero-order chi connectivity index (χ0) is 18.5. The summed E-state index contributed by atoms with van der Waals surface area (Å²) in [6, 6.07) is 1.96. The highest BCUT2D eigenvalue weighted by molar-refractivity contribution is 5.76. The van der Waals surface area contributed by atoms with Crippen LogP contribution in [0.5, 0.6) is 0 Å². The molecule has 3 atom stereocenters. The molecule has 2 aliphatic rings. The molecule has 2 amide bonds. The second kappa shape index (κ2) is 6.21. The molecule has 2 aliphatic heterocycles. The molecule has 0 spiro atoms. The summed E-state index contributed by atoms with van der Waals surface area (Å²) in [5.74, 6) is 1.51. The Bertz CT molecular complexity index is 997. The van der Waals surface area contributed by atoms with Gasteiger partial charge in [-0.15, -0.1) is 0 Å². The number of rotatable bonds is 1. The second-order valence-corrected chi connectivity index (χ2v) is 7.78. The Labute approximate surface area is 156 Å². The van der Waals surface area contributed by atoms with Crippen LogP contribution in [0.15, 0.2) is 24.7 Å². The molecule has 5 rings (SSSR count). The van der Waals surface area contributed by atoms with Crippen LogP contribution in [0.25, 0.3) is 16.7 Å². The van der Waals surface area contributed by atoms with Gasteiger partial charge in [-0.2, -0.15) is 0 Å². The predicted octanol–water partition coefficient (Wildman–Crippen LogP) is 2.80. The lowest BCUT2D eigenvalue weighted by atomic mass is 9.86. The first-order valence-electron chi connectivity index (χ1n) is 9.59. The van der Waals surface area contributed by atoms with Crippen molar-refractivity contribution in [1.82, 2.24) is 29.2 Å². The first-order chi connectivity index (χ1) is 13.1. The minimum Gasteiger partial charge on any atom is -0.345 e. The molecule has 2 fully saturated rings. The van der Waals surface area contributed by atoms with Crippen molar-refractivity contribution in [3.8, 4) is 0 Å². The number of hydrogen-bond acceptors (Lipinski definition) is 3. The predicted molar refractivity (Wildman–Crippen MR) is 99.4 cm³/mol. The summed E-state index contributed by atoms with van der Waals surface area (Å²) in [5, 5.41) is 0. The quantitative estimate of drug-likeness (QED) is 0.716. The highest BCUT2D eigenvalue weighted by atomic mass is 19.1. The maximum Gasteiger partial charge on any atom is 0.320 e. The molecule has 0 saturated carbocycles. The number of likely N-dealkylation sites (tertiary alicyclic amines) is 2. The number of carbonyl (C=O) groups is 1. The molecule has 2 saturated heterocycles. The lowest BCUT2D eigenvalue weighted by Gasteiger charge is -2.38. The molecule has 3 aromatic rings. The SMILES string of the molecule is C[C@@H]1CCN(C(=O)N2CC[C@@H](F)C2)C[C@@H]1c1ncc2cnc3[nH]ccc3n12. The van der Waals surface area contributed by atoms with Gasteiger partial charge in [0.25, 0.3) is 0 Å². The van der Waals surface area contributed by atoms with Gasteiger partial charge in [0.1, 0.15) is 12.0 Å². The van der Waals surface area contributed by atoms with Crippen molar-refractivity contribution in [3.05, 3.63) is 30.5 Å². The Hall–Kier alpha value is -2.64. The van der Waals surface area contributed by atoms with Crippen LogP contribution in [0.4, 0.5) is 9.18 Å². The van der Waals surface area contributed by atoms with Crippen molar-refractivity contribution in [2.75, 3.05) is 26.2 Å². The molecule has 1 N–H and O–H groups in total. The summed E-state index contributed by atoms with van der Waals surface area (Å²) >= 11 is 0. The third kappa shape index (κ3) is 2.65. The number of H-pyrrole nitrogens is 1. The van der Waals surface area contributed by atoms with Crippen molar-refractivity contribution < 1.29 is 9.18 Å². The number of fused-ring (bicyclic) bond motifs is 3. The third-order valence-corrected chi connectivity index (χ3v) is 6.05. The molecular formula is C19H23FN6O. The fourth-order valence-corrected chi connectivity index (χ4v) is 4.43. The Morgan fingerprint density at radius 2 is 1.96 bits per heavy atom. The Morgan fingerprint density at radius 3 is 2.78 bits per heavy atom. The van der Waals surface area contributed by atoms with E-state index in [1.807, 2.05) is 29.6 Å². The highest BCUT2D eigenvalue weighted by Crippen LogP contribution is 2.33. The van der Waals surface area contributed by atoms with Crippen molar-refractivity contribution in [2.45, 2.75) is 31.9 Å². The van der Waals surface area contributed by atoms with E-state index in [0.717, 1.165) is 28.9 Å². The van der Waals surface area contributed by atoms with Gasteiger partial charge in [0, 0.05) is 31.7 Å². The van der Waals surface area contributed by atoms with Crippen molar-refractivity contribution in [2.24, 2.45) is 5.92 Å². The number of urea groups is 1. The molecule has 0 unspecified atom stereocenters. The molecule has 0 aliphatic carbocycles. The van der Waals surface area contributed by atoms with Crippen LogP contribution in [0, 0.1) is 5.92 Å². The average molecular weight is 370 g/mol. The van der Waals surface area contributed by atoms with E-state index in [1.165, 1.54) is 0 Å². The maximum atomic E-state index is 13.5. The molecule has 0 bridgehead atoms. The topological polar surface area (TPSA) is 69.5 Å². The van der Waals surface area contributed by atoms with Crippen LogP contribution in [0.1, 0.15) is 31.5 Å². The zero-order valence-electron chi connectivity index (χ0n) is 15.3. The zero-order valence-corrected chi connectivity index (χ0v) is 15.3. The fraction of sp³-hybridized carbons (Fsp3) is 0.526. The summed E-state index contributed by atoms with van der Waals surface area (Å²) in [5.41, 5.74) is 2.77. The van der Waals surface area contributed by atoms with Gasteiger partial charge in [0.2, 0.25) is 0 Å². The number of halogens is 1. The normalized spacial score (nSPS) is 26.4. The van der Waals surface area contributed by atoms with Gasteiger partial charge in [-0.05, 0) is 24.8 Å². The highest BCUT2D eigenvalue weighted by Gasteiger charge is 2.36. The fourth-order valence-electron chi connectivity index (χ4n) is 4.43. The number of aromatic amines is 1. The van der Waals surface area contributed by atoms with E-state index in [0.29, 0.717) is 32.0 Å². The molecule has 142 valence electrons. The van der Waals surface area contributed by atoms with Gasteiger partial charge in [0.15, 0.2) is 5.65 Å². The number of amides is 2. The number of imidazole rings is 1. The minimum absolute atomic E-state index is 0.0404. The van der Waals surface area contributed by atoms with E-state index in [1.54, 1.807) is 4.90 Å². The molecule has 0 aromatic carbocycles. The van der Waals surface area contributed by atoms with Gasteiger partial charge >= 0.3 is 6.03 Å². The molecule has 5 heterocycles. The lowest BCUT2D eigenvalue weighted by molar-refractivity contribution is 0.129. The van der Waals surface area contributed by atoms with Gasteiger partial charge in [-0.1, -0.05) is 6.92 Å². The van der Waals surface area contributed by atoms with E-state index in [9.17, 15) is 9.18 Å². The molecule has 0 radical (unpaired) electrons. The standard InChI is InChI=1S/C19H23FN6O/c1-12-3-6-25(19(27)24-7-4-13(20)10-24)11-15(12)18-23-9-14-8-22-17-16(26(14)18)2-5-21-17/h2,5,8-9,12-13,15,21H,3-4,6-7,10-11H2,1H3/t12-,13-,15+/m1/s1. The van der Waals surface area contributed by atoms with Crippen LogP contribution in [0.3, 0.4) is 0 Å². The van der Waals surface area contributed by atoms with Gasteiger partial charge in [0.05, 0.1) is 30.0 Å². The number of piperidine rings is 1. The van der Waals surface area contributed by atoms with Crippen LogP contribution >= 0.6 is 0 Å². The molecule has 7 nitrogen and oxygen atoms in total. The third-order valence-electron chi connectivity index (χ3n) is 6.05. The average Bonchev–Trinajstić information content (AvgIpc) is 3.39. The molecular weight excluding hydrogens is 347 g/mol. The van der Waals surface area contributed by atoms with E-state index in [4.69, 9.17) is 4.98 Å². The number of nitrogens with one attached hydrogen (secondary N) is 1. The number of alkyl halides is 1. The largest absolute Gasteiger partial charge is 0.345 e. The van der Waals surface area contributed by atoms with E-state index < -0.39 is 6.17 Å². The lowest BCUT2D eigenvalue weighted by Crippen LogP contribution is -2.48. The summed E-state index contributed by atoms with van der Waals surface area (Å²) in [7, 11) is 0. The molecule has 27 heavy (non-hydrogen) atoms. The Kier molecular flexibility index (Phi) is 3.80. The maximum absolute atomic E-state index is 13.5. The van der Waals surface area contributed by atoms with Gasteiger partial charge in [-0.25, -0.2) is 19.2 Å². The van der Waals surface area contributed by atoms with Gasteiger partial charge in [-0.3, -0.25) is 4.40 Å². The second-order valence-electron chi connectivity index (χ2n) is 7.78. The monoisotopic (exact) mass is 370 g/mol. The smallest absolute Gasteiger partial charge is 0.320 e. The van der Waals surface area contributed by atoms with Gasteiger partial charge < -0.3 is 14.8 Å². The van der Waals surface area contributed by atoms with Crippen molar-refractivity contribution >= 4 is 22.7 Å². The van der Waals surface area contributed by atoms with Crippen LogP contribution in [0.2, 0.25) is 0 Å². The number of carbonyl (C=O) groups excluding carboxylic acids is 1. The summed E-state index contributed by atoms with van der Waals surface area (Å²) in [4.78, 5) is 28.6. The number of aromatic nitrogens is 4. The Morgan fingerprint density at radius 1 is 1.19 bits per heavy atom. The minimum atomic E-state index is -0.890.